The van der Waals surface area contributed by atoms with Crippen LogP contribution in [-0.4, -0.2) is 18.8 Å². The first-order valence-corrected chi connectivity index (χ1v) is 7.64. The lowest BCUT2D eigenvalue weighted by atomic mass is 10.2. The van der Waals surface area contributed by atoms with E-state index >= 15 is 0 Å². The first-order valence-electron chi connectivity index (χ1n) is 6.76. The van der Waals surface area contributed by atoms with Crippen molar-refractivity contribution in [1.82, 2.24) is 5.32 Å². The van der Waals surface area contributed by atoms with Crippen LogP contribution >= 0.6 is 11.3 Å². The van der Waals surface area contributed by atoms with E-state index in [1.165, 1.54) is 41.3 Å². The van der Waals surface area contributed by atoms with E-state index in [0.717, 1.165) is 6.42 Å². The smallest absolute Gasteiger partial charge is 0.406 e. The maximum absolute atomic E-state index is 12.0. The monoisotopic (exact) mass is 341 g/mol. The van der Waals surface area contributed by atoms with Gasteiger partial charge in [-0.05, 0) is 41.6 Å². The summed E-state index contributed by atoms with van der Waals surface area (Å²) in [7, 11) is 0. The molecule has 0 aliphatic heterocycles. The summed E-state index contributed by atoms with van der Waals surface area (Å²) < 4.78 is 39.9. The number of halogens is 3. The molecule has 0 spiro atoms. The molecule has 0 unspecified atom stereocenters. The van der Waals surface area contributed by atoms with Crippen LogP contribution in [0.3, 0.4) is 0 Å². The molecular formula is C16H14F3NO2S. The van der Waals surface area contributed by atoms with Gasteiger partial charge in [-0.1, -0.05) is 18.2 Å². The van der Waals surface area contributed by atoms with Crippen molar-refractivity contribution in [2.24, 2.45) is 0 Å². The van der Waals surface area contributed by atoms with E-state index in [1.54, 1.807) is 11.3 Å². The van der Waals surface area contributed by atoms with Gasteiger partial charge in [-0.15, -0.1) is 24.5 Å². The van der Waals surface area contributed by atoms with Crippen molar-refractivity contribution in [3.05, 3.63) is 58.3 Å². The van der Waals surface area contributed by atoms with Gasteiger partial charge < -0.3 is 10.1 Å². The summed E-state index contributed by atoms with van der Waals surface area (Å²) in [4.78, 5) is 12.8. The van der Waals surface area contributed by atoms with Gasteiger partial charge in [-0.3, -0.25) is 4.79 Å². The number of benzene rings is 1. The van der Waals surface area contributed by atoms with Crippen LogP contribution in [0.4, 0.5) is 13.2 Å². The normalized spacial score (nSPS) is 11.6. The first-order chi connectivity index (χ1) is 10.9. The Morgan fingerprint density at radius 1 is 1.22 bits per heavy atom. The highest BCUT2D eigenvalue weighted by atomic mass is 32.1. The van der Waals surface area contributed by atoms with E-state index in [1.807, 2.05) is 17.5 Å². The maximum atomic E-state index is 12.0. The zero-order valence-electron chi connectivity index (χ0n) is 12.0. The van der Waals surface area contributed by atoms with Crippen LogP contribution in [0.25, 0.3) is 6.08 Å². The molecule has 0 atom stereocenters. The van der Waals surface area contributed by atoms with E-state index in [4.69, 9.17) is 0 Å². The van der Waals surface area contributed by atoms with Gasteiger partial charge in [0.25, 0.3) is 0 Å². The van der Waals surface area contributed by atoms with E-state index in [2.05, 4.69) is 10.1 Å². The van der Waals surface area contributed by atoms with Crippen molar-refractivity contribution in [2.45, 2.75) is 12.8 Å². The summed E-state index contributed by atoms with van der Waals surface area (Å²) in [6.07, 6.45) is -1.08. The minimum atomic E-state index is -4.71. The second-order valence-electron chi connectivity index (χ2n) is 4.57. The van der Waals surface area contributed by atoms with Crippen LogP contribution in [0.5, 0.6) is 5.75 Å². The maximum Gasteiger partial charge on any atom is 0.573 e. The third kappa shape index (κ3) is 6.56. The Morgan fingerprint density at radius 2 is 1.96 bits per heavy atom. The highest BCUT2D eigenvalue weighted by Crippen LogP contribution is 2.22. The number of alkyl halides is 3. The molecule has 0 saturated heterocycles. The minimum absolute atomic E-state index is 0.253. The molecule has 122 valence electrons. The molecule has 0 fully saturated rings. The fraction of sp³-hybridized carbons (Fsp3) is 0.188. The number of carbonyl (C=O) groups is 1. The molecule has 1 heterocycles. The SMILES string of the molecule is O=C(/C=C/c1ccc(OC(F)(F)F)cc1)NCCc1cccs1. The summed E-state index contributed by atoms with van der Waals surface area (Å²) in [5, 5.41) is 4.72. The van der Waals surface area contributed by atoms with Crippen LogP contribution in [0, 0.1) is 0 Å². The van der Waals surface area contributed by atoms with E-state index < -0.39 is 6.36 Å². The summed E-state index contributed by atoms with van der Waals surface area (Å²) in [6, 6.07) is 9.22. The fourth-order valence-corrected chi connectivity index (χ4v) is 2.48. The number of hydrogen-bond acceptors (Lipinski definition) is 3. The Balaban J connectivity index is 1.78. The molecule has 0 aliphatic rings. The number of carbonyl (C=O) groups excluding carboxylic acids is 1. The van der Waals surface area contributed by atoms with E-state index in [9.17, 15) is 18.0 Å². The molecular weight excluding hydrogens is 327 g/mol. The number of nitrogens with one attached hydrogen (secondary N) is 1. The molecule has 23 heavy (non-hydrogen) atoms. The topological polar surface area (TPSA) is 38.3 Å². The largest absolute Gasteiger partial charge is 0.573 e. The van der Waals surface area contributed by atoms with Crippen LogP contribution in [0.1, 0.15) is 10.4 Å². The second-order valence-corrected chi connectivity index (χ2v) is 5.60. The Kier molecular flexibility index (Phi) is 5.81. The fourth-order valence-electron chi connectivity index (χ4n) is 1.78. The van der Waals surface area contributed by atoms with Crippen molar-refractivity contribution in [1.29, 1.82) is 0 Å². The van der Waals surface area contributed by atoms with Crippen LogP contribution in [0.15, 0.2) is 47.9 Å². The molecule has 0 radical (unpaired) electrons. The average molecular weight is 341 g/mol. The van der Waals surface area contributed by atoms with Gasteiger partial charge in [0, 0.05) is 17.5 Å². The van der Waals surface area contributed by atoms with E-state index in [-0.39, 0.29) is 11.7 Å². The van der Waals surface area contributed by atoms with E-state index in [0.29, 0.717) is 12.1 Å². The molecule has 1 aromatic heterocycles. The van der Waals surface area contributed by atoms with Gasteiger partial charge in [-0.2, -0.15) is 0 Å². The van der Waals surface area contributed by atoms with Crippen molar-refractivity contribution in [3.8, 4) is 5.75 Å². The molecule has 1 aromatic carbocycles. The van der Waals surface area contributed by atoms with Crippen LogP contribution in [0.2, 0.25) is 0 Å². The van der Waals surface area contributed by atoms with Crippen molar-refractivity contribution in [3.63, 3.8) is 0 Å². The minimum Gasteiger partial charge on any atom is -0.406 e. The predicted octanol–water partition coefficient (Wildman–Crippen LogP) is 4.02. The molecule has 3 nitrogen and oxygen atoms in total. The number of amides is 1. The Labute approximate surface area is 135 Å². The molecule has 2 rings (SSSR count). The molecule has 0 bridgehead atoms. The first kappa shape index (κ1) is 17.1. The lowest BCUT2D eigenvalue weighted by Crippen LogP contribution is -2.23. The number of hydrogen-bond donors (Lipinski definition) is 1. The van der Waals surface area contributed by atoms with Crippen LogP contribution < -0.4 is 10.1 Å². The van der Waals surface area contributed by atoms with Crippen molar-refractivity contribution >= 4 is 23.3 Å². The van der Waals surface area contributed by atoms with Gasteiger partial charge in [0.2, 0.25) is 5.91 Å². The summed E-state index contributed by atoms with van der Waals surface area (Å²) in [6.45, 7) is 0.530. The van der Waals surface area contributed by atoms with Gasteiger partial charge >= 0.3 is 6.36 Å². The number of ether oxygens (including phenoxy) is 1. The average Bonchev–Trinajstić information content (AvgIpc) is 2.98. The third-order valence-corrected chi connectivity index (χ3v) is 3.73. The van der Waals surface area contributed by atoms with Crippen molar-refractivity contribution < 1.29 is 22.7 Å². The second kappa shape index (κ2) is 7.82. The number of thiophene rings is 1. The zero-order chi connectivity index (χ0) is 16.7. The highest BCUT2D eigenvalue weighted by molar-refractivity contribution is 7.09. The molecule has 1 amide bonds. The predicted molar refractivity (Wildman–Crippen MR) is 83.2 cm³/mol. The molecule has 0 saturated carbocycles. The highest BCUT2D eigenvalue weighted by Gasteiger charge is 2.30. The Bertz CT molecular complexity index is 649. The summed E-state index contributed by atoms with van der Waals surface area (Å²) in [5.74, 6) is -0.549. The molecule has 2 aromatic rings. The van der Waals surface area contributed by atoms with Gasteiger partial charge in [-0.25, -0.2) is 0 Å². The summed E-state index contributed by atoms with van der Waals surface area (Å²) >= 11 is 1.63. The van der Waals surface area contributed by atoms with Gasteiger partial charge in [0.1, 0.15) is 5.75 Å². The zero-order valence-corrected chi connectivity index (χ0v) is 12.8. The van der Waals surface area contributed by atoms with Crippen molar-refractivity contribution in [2.75, 3.05) is 6.54 Å². The molecule has 0 aliphatic carbocycles. The Morgan fingerprint density at radius 3 is 2.57 bits per heavy atom. The third-order valence-electron chi connectivity index (χ3n) is 2.79. The standard InChI is InChI=1S/C16H14F3NO2S/c17-16(18,19)22-13-6-3-12(4-7-13)5-8-15(21)20-10-9-14-2-1-11-23-14/h1-8,11H,9-10H2,(H,20,21)/b8-5+. The Hall–Kier alpha value is -2.28. The number of rotatable bonds is 6. The summed E-state index contributed by atoms with van der Waals surface area (Å²) in [5.41, 5.74) is 0.605. The van der Waals surface area contributed by atoms with Gasteiger partial charge in [0.15, 0.2) is 0 Å². The lowest BCUT2D eigenvalue weighted by Gasteiger charge is -2.08. The molecule has 7 heteroatoms. The quantitative estimate of drug-likeness (QED) is 0.806. The van der Waals surface area contributed by atoms with Crippen LogP contribution in [-0.2, 0) is 11.2 Å². The lowest BCUT2D eigenvalue weighted by molar-refractivity contribution is -0.274. The molecule has 1 N–H and O–H groups in total. The van der Waals surface area contributed by atoms with Gasteiger partial charge in [0.05, 0.1) is 0 Å².